The molecular formula is C19H20N2. The molecule has 0 fully saturated rings. The van der Waals surface area contributed by atoms with Crippen LogP contribution in [-0.4, -0.2) is 6.54 Å². The lowest BCUT2D eigenvalue weighted by atomic mass is 9.83. The second-order valence-electron chi connectivity index (χ2n) is 5.73. The van der Waals surface area contributed by atoms with Crippen LogP contribution in [0.25, 0.3) is 0 Å². The maximum atomic E-state index is 8.93. The maximum absolute atomic E-state index is 8.93. The van der Waals surface area contributed by atoms with E-state index < -0.39 is 0 Å². The van der Waals surface area contributed by atoms with E-state index in [0.717, 1.165) is 18.7 Å². The van der Waals surface area contributed by atoms with Crippen molar-refractivity contribution in [3.63, 3.8) is 0 Å². The summed E-state index contributed by atoms with van der Waals surface area (Å²) in [7, 11) is 0. The number of nitrogens with zero attached hydrogens (tertiary/aromatic N) is 1. The lowest BCUT2D eigenvalue weighted by molar-refractivity contribution is 0.507. The van der Waals surface area contributed by atoms with Crippen molar-refractivity contribution in [1.82, 2.24) is 5.32 Å². The van der Waals surface area contributed by atoms with Gasteiger partial charge in [-0.15, -0.1) is 0 Å². The molecule has 21 heavy (non-hydrogen) atoms. The van der Waals surface area contributed by atoms with Crippen molar-refractivity contribution in [1.29, 1.82) is 5.26 Å². The summed E-state index contributed by atoms with van der Waals surface area (Å²) in [6.07, 6.45) is 3.77. The summed E-state index contributed by atoms with van der Waals surface area (Å²) in [6.45, 7) is 1.84. The molecule has 1 atom stereocenters. The van der Waals surface area contributed by atoms with Gasteiger partial charge in [0.1, 0.15) is 0 Å². The van der Waals surface area contributed by atoms with Crippen LogP contribution in [0.15, 0.2) is 48.5 Å². The van der Waals surface area contributed by atoms with Crippen molar-refractivity contribution in [3.8, 4) is 6.07 Å². The Morgan fingerprint density at radius 3 is 2.95 bits per heavy atom. The van der Waals surface area contributed by atoms with Gasteiger partial charge in [-0.25, -0.2) is 0 Å². The molecule has 0 aromatic heterocycles. The number of rotatable bonds is 4. The van der Waals surface area contributed by atoms with Gasteiger partial charge in [0.05, 0.1) is 11.6 Å². The molecule has 0 saturated carbocycles. The summed E-state index contributed by atoms with van der Waals surface area (Å²) in [5.74, 6) is 0.620. The van der Waals surface area contributed by atoms with E-state index in [1.807, 2.05) is 18.2 Å². The van der Waals surface area contributed by atoms with Crippen molar-refractivity contribution in [2.24, 2.45) is 0 Å². The summed E-state index contributed by atoms with van der Waals surface area (Å²) < 4.78 is 0. The quantitative estimate of drug-likeness (QED) is 0.922. The van der Waals surface area contributed by atoms with Crippen LogP contribution in [0.1, 0.15) is 41.0 Å². The lowest BCUT2D eigenvalue weighted by Crippen LogP contribution is -2.24. The summed E-state index contributed by atoms with van der Waals surface area (Å²) in [5.41, 5.74) is 4.94. The SMILES string of the molecule is N#Cc1cccc(CNCC2CCCc3ccccc32)c1. The van der Waals surface area contributed by atoms with E-state index >= 15 is 0 Å². The number of benzene rings is 2. The lowest BCUT2D eigenvalue weighted by Gasteiger charge is -2.25. The molecular weight excluding hydrogens is 256 g/mol. The first-order valence-corrected chi connectivity index (χ1v) is 7.64. The molecule has 106 valence electrons. The van der Waals surface area contributed by atoms with Gasteiger partial charge in [-0.2, -0.15) is 5.26 Å². The largest absolute Gasteiger partial charge is 0.312 e. The van der Waals surface area contributed by atoms with E-state index in [1.54, 1.807) is 0 Å². The van der Waals surface area contributed by atoms with Crippen molar-refractivity contribution in [3.05, 3.63) is 70.8 Å². The van der Waals surface area contributed by atoms with E-state index in [0.29, 0.717) is 5.92 Å². The van der Waals surface area contributed by atoms with Gasteiger partial charge in [-0.3, -0.25) is 0 Å². The first-order chi connectivity index (χ1) is 10.4. The van der Waals surface area contributed by atoms with E-state index in [9.17, 15) is 0 Å². The normalized spacial score (nSPS) is 17.0. The standard InChI is InChI=1S/C19H20N2/c20-12-15-5-3-6-16(11-15)13-21-14-18-9-4-8-17-7-1-2-10-19(17)18/h1-3,5-7,10-11,18,21H,4,8-9,13-14H2. The molecule has 0 spiro atoms. The minimum Gasteiger partial charge on any atom is -0.312 e. The van der Waals surface area contributed by atoms with Crippen LogP contribution in [0, 0.1) is 11.3 Å². The highest BCUT2D eigenvalue weighted by molar-refractivity contribution is 5.34. The molecule has 2 heteroatoms. The number of hydrogen-bond donors (Lipinski definition) is 1. The third-order valence-corrected chi connectivity index (χ3v) is 4.27. The Kier molecular flexibility index (Phi) is 4.33. The molecule has 2 nitrogen and oxygen atoms in total. The predicted octanol–water partition coefficient (Wildman–Crippen LogP) is 3.77. The molecule has 0 aliphatic heterocycles. The Labute approximate surface area is 126 Å². The number of nitriles is 1. The van der Waals surface area contributed by atoms with Crippen molar-refractivity contribution >= 4 is 0 Å². The van der Waals surface area contributed by atoms with Gasteiger partial charge in [-0.05, 0) is 54.0 Å². The van der Waals surface area contributed by atoms with Gasteiger partial charge in [0.15, 0.2) is 0 Å². The predicted molar refractivity (Wildman–Crippen MR) is 85.0 cm³/mol. The molecule has 2 aromatic rings. The monoisotopic (exact) mass is 276 g/mol. The first kappa shape index (κ1) is 13.9. The van der Waals surface area contributed by atoms with E-state index in [-0.39, 0.29) is 0 Å². The zero-order valence-electron chi connectivity index (χ0n) is 12.2. The molecule has 0 radical (unpaired) electrons. The van der Waals surface area contributed by atoms with Gasteiger partial charge in [-0.1, -0.05) is 36.4 Å². The topological polar surface area (TPSA) is 35.8 Å². The molecule has 2 aromatic carbocycles. The molecule has 1 aliphatic rings. The fourth-order valence-electron chi connectivity index (χ4n) is 3.21. The van der Waals surface area contributed by atoms with Gasteiger partial charge in [0.25, 0.3) is 0 Å². The fraction of sp³-hybridized carbons (Fsp3) is 0.316. The average Bonchev–Trinajstić information content (AvgIpc) is 2.55. The molecule has 0 saturated heterocycles. The number of fused-ring (bicyclic) bond motifs is 1. The molecule has 0 heterocycles. The highest BCUT2D eigenvalue weighted by atomic mass is 14.9. The highest BCUT2D eigenvalue weighted by Gasteiger charge is 2.18. The smallest absolute Gasteiger partial charge is 0.0991 e. The van der Waals surface area contributed by atoms with E-state index in [2.05, 4.69) is 41.7 Å². The number of aryl methyl sites for hydroxylation is 1. The Hall–Kier alpha value is -2.11. The van der Waals surface area contributed by atoms with Gasteiger partial charge in [0, 0.05) is 13.1 Å². The summed E-state index contributed by atoms with van der Waals surface area (Å²) in [4.78, 5) is 0. The molecule has 0 bridgehead atoms. The fourth-order valence-corrected chi connectivity index (χ4v) is 3.21. The van der Waals surface area contributed by atoms with Crippen LogP contribution in [0.2, 0.25) is 0 Å². The van der Waals surface area contributed by atoms with Gasteiger partial charge >= 0.3 is 0 Å². The zero-order chi connectivity index (χ0) is 14.5. The maximum Gasteiger partial charge on any atom is 0.0991 e. The molecule has 1 N–H and O–H groups in total. The average molecular weight is 276 g/mol. The van der Waals surface area contributed by atoms with Crippen molar-refractivity contribution in [2.45, 2.75) is 31.7 Å². The molecule has 1 aliphatic carbocycles. The summed E-state index contributed by atoms with van der Waals surface area (Å²) in [5, 5.41) is 12.5. The van der Waals surface area contributed by atoms with Crippen LogP contribution in [-0.2, 0) is 13.0 Å². The van der Waals surface area contributed by atoms with Crippen LogP contribution in [0.5, 0.6) is 0 Å². The van der Waals surface area contributed by atoms with Crippen LogP contribution in [0.3, 0.4) is 0 Å². The highest BCUT2D eigenvalue weighted by Crippen LogP contribution is 2.30. The minimum atomic E-state index is 0.620. The van der Waals surface area contributed by atoms with Gasteiger partial charge in [0.2, 0.25) is 0 Å². The van der Waals surface area contributed by atoms with Crippen molar-refractivity contribution in [2.75, 3.05) is 6.54 Å². The second-order valence-corrected chi connectivity index (χ2v) is 5.73. The number of nitrogens with one attached hydrogen (secondary N) is 1. The molecule has 0 amide bonds. The first-order valence-electron chi connectivity index (χ1n) is 7.64. The Morgan fingerprint density at radius 1 is 1.14 bits per heavy atom. The second kappa shape index (κ2) is 6.56. The third-order valence-electron chi connectivity index (χ3n) is 4.27. The van der Waals surface area contributed by atoms with E-state index in [1.165, 1.54) is 36.0 Å². The van der Waals surface area contributed by atoms with Crippen LogP contribution < -0.4 is 5.32 Å². The molecule has 1 unspecified atom stereocenters. The van der Waals surface area contributed by atoms with Crippen molar-refractivity contribution < 1.29 is 0 Å². The Morgan fingerprint density at radius 2 is 2.05 bits per heavy atom. The third kappa shape index (κ3) is 3.32. The molecule has 3 rings (SSSR count). The summed E-state index contributed by atoms with van der Waals surface area (Å²) in [6, 6.07) is 18.8. The van der Waals surface area contributed by atoms with Gasteiger partial charge < -0.3 is 5.32 Å². The zero-order valence-corrected chi connectivity index (χ0v) is 12.2. The Bertz CT molecular complexity index is 655. The van der Waals surface area contributed by atoms with Crippen LogP contribution >= 0.6 is 0 Å². The number of hydrogen-bond acceptors (Lipinski definition) is 2. The summed E-state index contributed by atoms with van der Waals surface area (Å²) >= 11 is 0. The minimum absolute atomic E-state index is 0.620. The van der Waals surface area contributed by atoms with Crippen LogP contribution in [0.4, 0.5) is 0 Å². The Balaban J connectivity index is 1.60. The van der Waals surface area contributed by atoms with E-state index in [4.69, 9.17) is 5.26 Å².